The van der Waals surface area contributed by atoms with Crippen molar-refractivity contribution >= 4 is 40.8 Å². The number of halogens is 2. The third kappa shape index (κ3) is 4.40. The highest BCUT2D eigenvalue weighted by atomic mass is 35.5. The normalized spacial score (nSPS) is 11.5. The zero-order valence-corrected chi connectivity index (χ0v) is 14.5. The summed E-state index contributed by atoms with van der Waals surface area (Å²) in [5.74, 6) is -0.906. The molecule has 1 N–H and O–H groups in total. The van der Waals surface area contributed by atoms with Gasteiger partial charge in [-0.25, -0.2) is 4.79 Å². The number of anilines is 1. The van der Waals surface area contributed by atoms with E-state index in [0.29, 0.717) is 21.5 Å². The number of benzene rings is 2. The Morgan fingerprint density at radius 2 is 1.83 bits per heavy atom. The lowest BCUT2D eigenvalue weighted by Crippen LogP contribution is -2.30. The number of ether oxygens (including phenoxy) is 2. The van der Waals surface area contributed by atoms with Crippen LogP contribution in [0.3, 0.4) is 0 Å². The van der Waals surface area contributed by atoms with Crippen molar-refractivity contribution in [3.63, 3.8) is 0 Å². The van der Waals surface area contributed by atoms with Crippen LogP contribution in [0.25, 0.3) is 0 Å². The van der Waals surface area contributed by atoms with Crippen molar-refractivity contribution in [1.29, 1.82) is 0 Å². The van der Waals surface area contributed by atoms with Crippen molar-refractivity contribution in [2.24, 2.45) is 0 Å². The molecule has 1 atom stereocenters. The molecule has 2 rings (SSSR count). The van der Waals surface area contributed by atoms with Crippen LogP contribution in [-0.2, 0) is 9.53 Å². The topological polar surface area (TPSA) is 64.6 Å². The predicted octanol–water partition coefficient (Wildman–Crippen LogP) is 4.19. The minimum absolute atomic E-state index is 0.141. The van der Waals surface area contributed by atoms with Gasteiger partial charge in [-0.1, -0.05) is 35.3 Å². The van der Waals surface area contributed by atoms with E-state index in [1.165, 1.54) is 20.1 Å². The van der Waals surface area contributed by atoms with Crippen molar-refractivity contribution in [2.75, 3.05) is 12.4 Å². The summed E-state index contributed by atoms with van der Waals surface area (Å²) in [5, 5.41) is 3.35. The van der Waals surface area contributed by atoms with Crippen LogP contribution < -0.4 is 10.1 Å². The molecule has 0 heterocycles. The standard InChI is InChI=1S/C17H15Cl2NO4/c1-10(16(21)20-14-6-4-3-5-13(14)19)24-17(22)12-9-11(18)7-8-15(12)23-2/h3-10H,1-2H3,(H,20,21). The summed E-state index contributed by atoms with van der Waals surface area (Å²) in [6.07, 6.45) is -1.03. The molecular formula is C17H15Cl2NO4. The summed E-state index contributed by atoms with van der Waals surface area (Å²) < 4.78 is 10.3. The number of hydrogen-bond acceptors (Lipinski definition) is 4. The summed E-state index contributed by atoms with van der Waals surface area (Å²) >= 11 is 11.9. The molecule has 0 saturated carbocycles. The molecule has 0 aromatic heterocycles. The van der Waals surface area contributed by atoms with E-state index in [1.807, 2.05) is 0 Å². The molecule has 0 radical (unpaired) electrons. The molecule has 0 fully saturated rings. The fourth-order valence-electron chi connectivity index (χ4n) is 1.91. The van der Waals surface area contributed by atoms with Crippen LogP contribution in [0.5, 0.6) is 5.75 Å². The zero-order valence-electron chi connectivity index (χ0n) is 13.0. The van der Waals surface area contributed by atoms with E-state index in [1.54, 1.807) is 36.4 Å². The minimum atomic E-state index is -1.03. The van der Waals surface area contributed by atoms with Gasteiger partial charge in [0.2, 0.25) is 0 Å². The molecule has 1 unspecified atom stereocenters. The van der Waals surface area contributed by atoms with Gasteiger partial charge in [0, 0.05) is 5.02 Å². The Labute approximate surface area is 149 Å². The summed E-state index contributed by atoms with van der Waals surface area (Å²) in [6, 6.07) is 11.3. The molecule has 2 aromatic carbocycles. The number of methoxy groups -OCH3 is 1. The van der Waals surface area contributed by atoms with Gasteiger partial charge in [-0.15, -0.1) is 0 Å². The molecule has 7 heteroatoms. The summed E-state index contributed by atoms with van der Waals surface area (Å²) in [6.45, 7) is 1.46. The van der Waals surface area contributed by atoms with Crippen molar-refractivity contribution in [3.8, 4) is 5.75 Å². The predicted molar refractivity (Wildman–Crippen MR) is 93.0 cm³/mol. The van der Waals surface area contributed by atoms with Gasteiger partial charge in [-0.05, 0) is 37.3 Å². The highest BCUT2D eigenvalue weighted by molar-refractivity contribution is 6.33. The van der Waals surface area contributed by atoms with E-state index in [9.17, 15) is 9.59 Å². The number of nitrogens with one attached hydrogen (secondary N) is 1. The maximum Gasteiger partial charge on any atom is 0.342 e. The maximum absolute atomic E-state index is 12.2. The average molecular weight is 368 g/mol. The highest BCUT2D eigenvalue weighted by Crippen LogP contribution is 2.24. The molecule has 0 bridgehead atoms. The summed E-state index contributed by atoms with van der Waals surface area (Å²) in [7, 11) is 1.42. The second-order valence-electron chi connectivity index (χ2n) is 4.86. The fourth-order valence-corrected chi connectivity index (χ4v) is 2.27. The lowest BCUT2D eigenvalue weighted by Gasteiger charge is -2.15. The van der Waals surface area contributed by atoms with Gasteiger partial charge in [0.15, 0.2) is 6.10 Å². The lowest BCUT2D eigenvalue weighted by atomic mass is 10.2. The highest BCUT2D eigenvalue weighted by Gasteiger charge is 2.22. The van der Waals surface area contributed by atoms with E-state index in [2.05, 4.69) is 5.32 Å². The number of amides is 1. The third-order valence-corrected chi connectivity index (χ3v) is 3.73. The van der Waals surface area contributed by atoms with Gasteiger partial charge in [0.25, 0.3) is 5.91 Å². The molecule has 0 spiro atoms. The molecule has 5 nitrogen and oxygen atoms in total. The number of hydrogen-bond donors (Lipinski definition) is 1. The number of para-hydroxylation sites is 1. The van der Waals surface area contributed by atoms with Crippen LogP contribution in [0.4, 0.5) is 5.69 Å². The molecular weight excluding hydrogens is 353 g/mol. The lowest BCUT2D eigenvalue weighted by molar-refractivity contribution is -0.123. The Balaban J connectivity index is 2.07. The molecule has 2 aromatic rings. The molecule has 0 aliphatic rings. The van der Waals surface area contributed by atoms with E-state index >= 15 is 0 Å². The van der Waals surface area contributed by atoms with Crippen LogP contribution in [-0.4, -0.2) is 25.1 Å². The largest absolute Gasteiger partial charge is 0.496 e. The van der Waals surface area contributed by atoms with Crippen LogP contribution in [0.15, 0.2) is 42.5 Å². The molecule has 0 aliphatic carbocycles. The first-order valence-electron chi connectivity index (χ1n) is 7.02. The van der Waals surface area contributed by atoms with E-state index < -0.39 is 18.0 Å². The van der Waals surface area contributed by atoms with Gasteiger partial charge < -0.3 is 14.8 Å². The Kier molecular flexibility index (Phi) is 6.06. The van der Waals surface area contributed by atoms with Crippen molar-refractivity contribution in [2.45, 2.75) is 13.0 Å². The van der Waals surface area contributed by atoms with Gasteiger partial charge in [0.05, 0.1) is 17.8 Å². The minimum Gasteiger partial charge on any atom is -0.496 e. The van der Waals surface area contributed by atoms with Crippen molar-refractivity contribution in [3.05, 3.63) is 58.1 Å². The van der Waals surface area contributed by atoms with Gasteiger partial charge in [0.1, 0.15) is 11.3 Å². The quantitative estimate of drug-likeness (QED) is 0.804. The summed E-state index contributed by atoms with van der Waals surface area (Å²) in [5.41, 5.74) is 0.579. The Morgan fingerprint density at radius 1 is 1.12 bits per heavy atom. The number of carbonyl (C=O) groups is 2. The van der Waals surface area contributed by atoms with Crippen LogP contribution >= 0.6 is 23.2 Å². The Bertz CT molecular complexity index is 764. The van der Waals surface area contributed by atoms with E-state index in [4.69, 9.17) is 32.7 Å². The average Bonchev–Trinajstić information content (AvgIpc) is 2.56. The molecule has 24 heavy (non-hydrogen) atoms. The molecule has 0 saturated heterocycles. The zero-order chi connectivity index (χ0) is 17.7. The van der Waals surface area contributed by atoms with E-state index in [-0.39, 0.29) is 5.56 Å². The Hall–Kier alpha value is -2.24. The maximum atomic E-state index is 12.2. The number of esters is 1. The van der Waals surface area contributed by atoms with E-state index in [0.717, 1.165) is 0 Å². The van der Waals surface area contributed by atoms with Crippen LogP contribution in [0, 0.1) is 0 Å². The van der Waals surface area contributed by atoms with Gasteiger partial charge >= 0.3 is 5.97 Å². The first-order chi connectivity index (χ1) is 11.4. The Morgan fingerprint density at radius 3 is 2.50 bits per heavy atom. The molecule has 0 aliphatic heterocycles. The fraction of sp³-hybridized carbons (Fsp3) is 0.176. The second-order valence-corrected chi connectivity index (χ2v) is 5.70. The van der Waals surface area contributed by atoms with Gasteiger partial charge in [-0.3, -0.25) is 4.79 Å². The summed E-state index contributed by atoms with van der Waals surface area (Å²) in [4.78, 5) is 24.4. The number of carbonyl (C=O) groups excluding carboxylic acids is 2. The van der Waals surface area contributed by atoms with Crippen molar-refractivity contribution < 1.29 is 19.1 Å². The first kappa shape index (κ1) is 18.1. The smallest absolute Gasteiger partial charge is 0.342 e. The first-order valence-corrected chi connectivity index (χ1v) is 7.78. The van der Waals surface area contributed by atoms with Crippen LogP contribution in [0.1, 0.15) is 17.3 Å². The number of rotatable bonds is 5. The van der Waals surface area contributed by atoms with Crippen LogP contribution in [0.2, 0.25) is 10.0 Å². The molecule has 126 valence electrons. The molecule has 1 amide bonds. The third-order valence-electron chi connectivity index (χ3n) is 3.17. The monoisotopic (exact) mass is 367 g/mol. The van der Waals surface area contributed by atoms with Gasteiger partial charge in [-0.2, -0.15) is 0 Å². The second kappa shape index (κ2) is 8.04. The van der Waals surface area contributed by atoms with Crippen molar-refractivity contribution in [1.82, 2.24) is 0 Å². The SMILES string of the molecule is COc1ccc(Cl)cc1C(=O)OC(C)C(=O)Nc1ccccc1Cl.